The zero-order chi connectivity index (χ0) is 20.5. The quantitative estimate of drug-likeness (QED) is 0.536. The molecule has 2 rings (SSSR count). The van der Waals surface area contributed by atoms with Crippen LogP contribution in [0, 0.1) is 0 Å². The zero-order valence-corrected chi connectivity index (χ0v) is 16.7. The fourth-order valence-electron chi connectivity index (χ4n) is 2.42. The highest BCUT2D eigenvalue weighted by atomic mass is 35.5. The van der Waals surface area contributed by atoms with E-state index in [-0.39, 0.29) is 12.6 Å². The first kappa shape index (κ1) is 21.3. The van der Waals surface area contributed by atoms with E-state index in [0.29, 0.717) is 22.1 Å². The lowest BCUT2D eigenvalue weighted by Gasteiger charge is -2.14. The highest BCUT2D eigenvalue weighted by molar-refractivity contribution is 6.30. The molecule has 2 aromatic rings. The maximum atomic E-state index is 12.0. The third kappa shape index (κ3) is 6.63. The molecule has 28 heavy (non-hydrogen) atoms. The summed E-state index contributed by atoms with van der Waals surface area (Å²) in [4.78, 5) is 23.8. The van der Waals surface area contributed by atoms with Gasteiger partial charge in [-0.05, 0) is 48.4 Å². The maximum absolute atomic E-state index is 12.0. The number of nitrogens with one attached hydrogen (secondary N) is 1. The Balaban J connectivity index is 1.86. The molecule has 2 aromatic carbocycles. The van der Waals surface area contributed by atoms with Crippen molar-refractivity contribution in [1.82, 2.24) is 5.32 Å². The predicted octanol–water partition coefficient (Wildman–Crippen LogP) is 3.79. The average molecular weight is 404 g/mol. The number of carbonyl (C=O) groups is 2. The number of halogens is 1. The second-order valence-corrected chi connectivity index (χ2v) is 6.37. The van der Waals surface area contributed by atoms with Crippen LogP contribution in [-0.2, 0) is 14.3 Å². The fraction of sp³-hybridized carbons (Fsp3) is 0.238. The van der Waals surface area contributed by atoms with Crippen molar-refractivity contribution in [3.63, 3.8) is 0 Å². The third-order valence-electron chi connectivity index (χ3n) is 3.86. The van der Waals surface area contributed by atoms with Crippen LogP contribution in [0.3, 0.4) is 0 Å². The molecule has 0 unspecified atom stereocenters. The van der Waals surface area contributed by atoms with Crippen molar-refractivity contribution in [2.75, 3.05) is 20.8 Å². The molecule has 7 heteroatoms. The van der Waals surface area contributed by atoms with Crippen molar-refractivity contribution in [1.29, 1.82) is 0 Å². The van der Waals surface area contributed by atoms with Gasteiger partial charge in [0.05, 0.1) is 20.3 Å². The van der Waals surface area contributed by atoms with E-state index in [1.54, 1.807) is 56.7 Å². The first-order valence-corrected chi connectivity index (χ1v) is 8.92. The minimum Gasteiger partial charge on any atom is -0.497 e. The molecular weight excluding hydrogens is 382 g/mol. The van der Waals surface area contributed by atoms with Crippen LogP contribution in [0.5, 0.6) is 11.5 Å². The largest absolute Gasteiger partial charge is 0.497 e. The summed E-state index contributed by atoms with van der Waals surface area (Å²) < 4.78 is 15.3. The van der Waals surface area contributed by atoms with E-state index >= 15 is 0 Å². The molecule has 0 aliphatic carbocycles. The number of esters is 1. The predicted molar refractivity (Wildman–Crippen MR) is 108 cm³/mol. The molecule has 148 valence electrons. The molecule has 1 atom stereocenters. The fourth-order valence-corrected chi connectivity index (χ4v) is 2.62. The average Bonchev–Trinajstić information content (AvgIpc) is 2.70. The normalized spacial score (nSPS) is 11.7. The molecule has 0 spiro atoms. The van der Waals surface area contributed by atoms with Crippen LogP contribution in [-0.4, -0.2) is 32.7 Å². The van der Waals surface area contributed by atoms with E-state index < -0.39 is 11.9 Å². The highest BCUT2D eigenvalue weighted by Crippen LogP contribution is 2.23. The van der Waals surface area contributed by atoms with Crippen LogP contribution in [0.1, 0.15) is 24.1 Å². The molecule has 0 radical (unpaired) electrons. The molecule has 0 bridgehead atoms. The van der Waals surface area contributed by atoms with Crippen LogP contribution in [0.15, 0.2) is 48.5 Å². The molecule has 1 amide bonds. The lowest BCUT2D eigenvalue weighted by Crippen LogP contribution is -2.30. The van der Waals surface area contributed by atoms with Crippen molar-refractivity contribution in [3.8, 4) is 11.5 Å². The summed E-state index contributed by atoms with van der Waals surface area (Å²) in [5.41, 5.74) is 1.56. The van der Waals surface area contributed by atoms with Crippen molar-refractivity contribution in [2.24, 2.45) is 0 Å². The Morgan fingerprint density at radius 3 is 2.39 bits per heavy atom. The van der Waals surface area contributed by atoms with Gasteiger partial charge in [-0.25, -0.2) is 4.79 Å². The molecular formula is C21H22ClNO5. The highest BCUT2D eigenvalue weighted by Gasteiger charge is 2.11. The Morgan fingerprint density at radius 2 is 1.79 bits per heavy atom. The lowest BCUT2D eigenvalue weighted by molar-refractivity contribution is -0.144. The summed E-state index contributed by atoms with van der Waals surface area (Å²) >= 11 is 5.95. The van der Waals surface area contributed by atoms with Gasteiger partial charge in [0.25, 0.3) is 5.91 Å². The van der Waals surface area contributed by atoms with Crippen molar-refractivity contribution in [2.45, 2.75) is 13.0 Å². The number of amides is 1. The van der Waals surface area contributed by atoms with Crippen molar-refractivity contribution < 1.29 is 23.8 Å². The molecule has 0 aromatic heterocycles. The molecule has 0 saturated heterocycles. The van der Waals surface area contributed by atoms with Gasteiger partial charge in [-0.2, -0.15) is 0 Å². The number of methoxy groups -OCH3 is 2. The maximum Gasteiger partial charge on any atom is 0.331 e. The first-order valence-electron chi connectivity index (χ1n) is 8.54. The van der Waals surface area contributed by atoms with Gasteiger partial charge in [-0.1, -0.05) is 23.7 Å². The van der Waals surface area contributed by atoms with Crippen LogP contribution < -0.4 is 14.8 Å². The van der Waals surface area contributed by atoms with Gasteiger partial charge >= 0.3 is 5.97 Å². The minimum absolute atomic E-state index is 0.260. The Morgan fingerprint density at radius 1 is 1.11 bits per heavy atom. The van der Waals surface area contributed by atoms with Gasteiger partial charge < -0.3 is 19.5 Å². The Hall–Kier alpha value is -2.99. The SMILES string of the molecule is COc1cc(/C=C/C(=O)OCC(=O)N[C@@H](C)c2cccc(Cl)c2)cc(OC)c1. The van der Waals surface area contributed by atoms with E-state index in [0.717, 1.165) is 5.56 Å². The van der Waals surface area contributed by atoms with E-state index in [1.807, 2.05) is 13.0 Å². The molecule has 0 heterocycles. The summed E-state index contributed by atoms with van der Waals surface area (Å²) in [5.74, 6) is 0.160. The summed E-state index contributed by atoms with van der Waals surface area (Å²) in [7, 11) is 3.08. The van der Waals surface area contributed by atoms with Crippen LogP contribution in [0.4, 0.5) is 0 Å². The summed E-state index contributed by atoms with van der Waals surface area (Å²) in [6.45, 7) is 1.44. The molecule has 6 nitrogen and oxygen atoms in total. The molecule has 0 fully saturated rings. The molecule has 0 aliphatic rings. The second-order valence-electron chi connectivity index (χ2n) is 5.93. The molecule has 0 aliphatic heterocycles. The number of hydrogen-bond donors (Lipinski definition) is 1. The summed E-state index contributed by atoms with van der Waals surface area (Å²) in [6.07, 6.45) is 2.79. The van der Waals surface area contributed by atoms with E-state index in [9.17, 15) is 9.59 Å². The number of benzene rings is 2. The van der Waals surface area contributed by atoms with E-state index in [2.05, 4.69) is 5.32 Å². The standard InChI is InChI=1S/C21H22ClNO5/c1-14(16-5-4-6-17(22)11-16)23-20(24)13-28-21(25)8-7-15-9-18(26-2)12-19(10-15)27-3/h4-12,14H,13H2,1-3H3,(H,23,24)/b8-7+/t14-/m0/s1. The van der Waals surface area contributed by atoms with Crippen molar-refractivity contribution in [3.05, 3.63) is 64.7 Å². The van der Waals surface area contributed by atoms with Crippen LogP contribution in [0.2, 0.25) is 5.02 Å². The van der Waals surface area contributed by atoms with Crippen molar-refractivity contribution >= 4 is 29.6 Å². The van der Waals surface area contributed by atoms with Gasteiger partial charge in [-0.15, -0.1) is 0 Å². The first-order chi connectivity index (χ1) is 13.4. The zero-order valence-electron chi connectivity index (χ0n) is 15.9. The van der Waals surface area contributed by atoms with Gasteiger partial charge in [0.2, 0.25) is 0 Å². The van der Waals surface area contributed by atoms with Gasteiger partial charge in [0, 0.05) is 17.2 Å². The Labute approximate surface area is 169 Å². The summed E-state index contributed by atoms with van der Waals surface area (Å²) in [5, 5.41) is 3.34. The monoisotopic (exact) mass is 403 g/mol. The Kier molecular flexibility index (Phi) is 7.89. The number of hydrogen-bond acceptors (Lipinski definition) is 5. The topological polar surface area (TPSA) is 73.9 Å². The van der Waals surface area contributed by atoms with Gasteiger partial charge in [0.15, 0.2) is 6.61 Å². The van der Waals surface area contributed by atoms with E-state index in [1.165, 1.54) is 6.08 Å². The Bertz CT molecular complexity index is 843. The van der Waals surface area contributed by atoms with Gasteiger partial charge in [-0.3, -0.25) is 4.79 Å². The lowest BCUT2D eigenvalue weighted by atomic mass is 10.1. The number of rotatable bonds is 8. The number of ether oxygens (including phenoxy) is 3. The number of carbonyl (C=O) groups excluding carboxylic acids is 2. The van der Waals surface area contributed by atoms with Gasteiger partial charge in [0.1, 0.15) is 11.5 Å². The minimum atomic E-state index is -0.632. The second kappa shape index (κ2) is 10.4. The molecule has 1 N–H and O–H groups in total. The molecule has 0 saturated carbocycles. The van der Waals surface area contributed by atoms with Crippen LogP contribution in [0.25, 0.3) is 6.08 Å². The summed E-state index contributed by atoms with van der Waals surface area (Å²) in [6, 6.07) is 12.1. The van der Waals surface area contributed by atoms with Crippen LogP contribution >= 0.6 is 11.6 Å². The third-order valence-corrected chi connectivity index (χ3v) is 4.09. The van der Waals surface area contributed by atoms with E-state index in [4.69, 9.17) is 25.8 Å². The smallest absolute Gasteiger partial charge is 0.331 e.